The Hall–Kier alpha value is -0.590. The molecule has 1 saturated carbocycles. The van der Waals surface area contributed by atoms with Crippen molar-refractivity contribution in [2.75, 3.05) is 0 Å². The number of ketones is 1. The maximum atomic E-state index is 12.4. The van der Waals surface area contributed by atoms with Gasteiger partial charge in [-0.2, -0.15) is 0 Å². The van der Waals surface area contributed by atoms with Crippen LogP contribution in [-0.2, 0) is 4.79 Å². The molecule has 0 saturated heterocycles. The summed E-state index contributed by atoms with van der Waals surface area (Å²) in [4.78, 5) is 12.4. The standard InChI is InChI=1S/C17H30O/c1-7-9-11-13(12-10-8-2)14-15(18)17(5,6)16(14,3)4/h7-12H2,1-6H3. The van der Waals surface area contributed by atoms with E-state index in [1.54, 1.807) is 0 Å². The van der Waals surface area contributed by atoms with Gasteiger partial charge in [-0.25, -0.2) is 0 Å². The SMILES string of the molecule is CCCCC(CCCC)=C1C(=O)C(C)(C)C1(C)C. The van der Waals surface area contributed by atoms with Gasteiger partial charge in [0.05, 0.1) is 0 Å². The van der Waals surface area contributed by atoms with Gasteiger partial charge >= 0.3 is 0 Å². The summed E-state index contributed by atoms with van der Waals surface area (Å²) >= 11 is 0. The van der Waals surface area contributed by atoms with E-state index in [-0.39, 0.29) is 10.8 Å². The Kier molecular flexibility index (Phi) is 4.80. The third-order valence-corrected chi connectivity index (χ3v) is 5.00. The van der Waals surface area contributed by atoms with Crippen LogP contribution in [0.1, 0.15) is 80.1 Å². The van der Waals surface area contributed by atoms with Crippen molar-refractivity contribution in [3.8, 4) is 0 Å². The highest BCUT2D eigenvalue weighted by Crippen LogP contribution is 2.58. The van der Waals surface area contributed by atoms with Gasteiger partial charge in [0.15, 0.2) is 5.78 Å². The summed E-state index contributed by atoms with van der Waals surface area (Å²) in [6.07, 6.45) is 7.09. The van der Waals surface area contributed by atoms with Crippen LogP contribution in [0.15, 0.2) is 11.1 Å². The maximum absolute atomic E-state index is 12.4. The van der Waals surface area contributed by atoms with E-state index >= 15 is 0 Å². The molecule has 1 aliphatic rings. The van der Waals surface area contributed by atoms with Crippen molar-refractivity contribution < 1.29 is 4.79 Å². The third-order valence-electron chi connectivity index (χ3n) is 5.00. The van der Waals surface area contributed by atoms with Gasteiger partial charge in [0.25, 0.3) is 0 Å². The van der Waals surface area contributed by atoms with E-state index in [1.807, 2.05) is 0 Å². The zero-order valence-corrected chi connectivity index (χ0v) is 13.2. The molecule has 104 valence electrons. The molecule has 0 heterocycles. The summed E-state index contributed by atoms with van der Waals surface area (Å²) in [6, 6.07) is 0. The van der Waals surface area contributed by atoms with E-state index in [2.05, 4.69) is 41.5 Å². The number of rotatable bonds is 6. The number of unbranched alkanes of at least 4 members (excludes halogenated alkanes) is 2. The fourth-order valence-corrected chi connectivity index (χ4v) is 2.89. The molecule has 1 aliphatic carbocycles. The second-order valence-electron chi connectivity index (χ2n) is 6.76. The number of allylic oxidation sites excluding steroid dienone is 2. The molecule has 0 spiro atoms. The molecule has 1 heteroatoms. The molecule has 1 rings (SSSR count). The molecule has 18 heavy (non-hydrogen) atoms. The lowest BCUT2D eigenvalue weighted by Crippen LogP contribution is -2.55. The number of hydrogen-bond donors (Lipinski definition) is 0. The highest BCUT2D eigenvalue weighted by atomic mass is 16.1. The normalized spacial score (nSPS) is 20.8. The van der Waals surface area contributed by atoms with Crippen LogP contribution in [0.3, 0.4) is 0 Å². The quantitative estimate of drug-likeness (QED) is 0.585. The highest BCUT2D eigenvalue weighted by molar-refractivity contribution is 6.09. The Morgan fingerprint density at radius 3 is 1.67 bits per heavy atom. The summed E-state index contributed by atoms with van der Waals surface area (Å²) in [7, 11) is 0. The van der Waals surface area contributed by atoms with Crippen molar-refractivity contribution in [3.05, 3.63) is 11.1 Å². The fraction of sp³-hybridized carbons (Fsp3) is 0.824. The molecule has 0 aromatic heterocycles. The first-order chi connectivity index (χ1) is 8.30. The largest absolute Gasteiger partial charge is 0.294 e. The molecule has 0 aromatic rings. The number of carbonyl (C=O) groups excluding carboxylic acids is 1. The minimum absolute atomic E-state index is 0.0564. The second kappa shape index (κ2) is 5.59. The van der Waals surface area contributed by atoms with Crippen LogP contribution in [0, 0.1) is 10.8 Å². The molecule has 0 bridgehead atoms. The van der Waals surface area contributed by atoms with E-state index in [9.17, 15) is 4.79 Å². The Morgan fingerprint density at radius 2 is 1.33 bits per heavy atom. The van der Waals surface area contributed by atoms with E-state index < -0.39 is 0 Å². The van der Waals surface area contributed by atoms with Gasteiger partial charge < -0.3 is 0 Å². The van der Waals surface area contributed by atoms with Gasteiger partial charge in [-0.1, -0.05) is 60.0 Å². The van der Waals surface area contributed by atoms with Crippen molar-refractivity contribution in [1.29, 1.82) is 0 Å². The molecule has 0 N–H and O–H groups in total. The monoisotopic (exact) mass is 250 g/mol. The van der Waals surface area contributed by atoms with Gasteiger partial charge in [0.2, 0.25) is 0 Å². The summed E-state index contributed by atoms with van der Waals surface area (Å²) in [6.45, 7) is 13.1. The molecule has 0 amide bonds. The molecule has 0 unspecified atom stereocenters. The minimum atomic E-state index is -0.175. The van der Waals surface area contributed by atoms with Crippen molar-refractivity contribution in [3.63, 3.8) is 0 Å². The first kappa shape index (κ1) is 15.5. The Morgan fingerprint density at radius 1 is 0.889 bits per heavy atom. The lowest BCUT2D eigenvalue weighted by molar-refractivity contribution is -0.139. The zero-order valence-electron chi connectivity index (χ0n) is 13.2. The van der Waals surface area contributed by atoms with Gasteiger partial charge in [-0.3, -0.25) is 4.79 Å². The van der Waals surface area contributed by atoms with Gasteiger partial charge in [-0.15, -0.1) is 0 Å². The maximum Gasteiger partial charge on any atom is 0.165 e. The molecular formula is C17H30O. The lowest BCUT2D eigenvalue weighted by Gasteiger charge is -2.53. The Bertz CT molecular complexity index is 335. The smallest absolute Gasteiger partial charge is 0.165 e. The van der Waals surface area contributed by atoms with E-state index in [4.69, 9.17) is 0 Å². The zero-order chi connectivity index (χ0) is 14.0. The first-order valence-electron chi connectivity index (χ1n) is 7.58. The number of Topliss-reactive ketones (excluding diaryl/α,β-unsaturated/α-hetero) is 1. The minimum Gasteiger partial charge on any atom is -0.294 e. The van der Waals surface area contributed by atoms with E-state index in [1.165, 1.54) is 31.3 Å². The summed E-state index contributed by atoms with van der Waals surface area (Å²) in [5, 5.41) is 0. The lowest BCUT2D eigenvalue weighted by atomic mass is 9.48. The molecular weight excluding hydrogens is 220 g/mol. The van der Waals surface area contributed by atoms with Gasteiger partial charge in [0, 0.05) is 16.4 Å². The Balaban J connectivity index is 3.00. The molecule has 1 fully saturated rings. The molecule has 1 nitrogen and oxygen atoms in total. The highest BCUT2D eigenvalue weighted by Gasteiger charge is 2.58. The van der Waals surface area contributed by atoms with Crippen LogP contribution in [0.25, 0.3) is 0 Å². The molecule has 0 aromatic carbocycles. The van der Waals surface area contributed by atoms with Crippen molar-refractivity contribution >= 4 is 5.78 Å². The van der Waals surface area contributed by atoms with Gasteiger partial charge in [-0.05, 0) is 25.7 Å². The van der Waals surface area contributed by atoms with Gasteiger partial charge in [0.1, 0.15) is 0 Å². The van der Waals surface area contributed by atoms with Crippen molar-refractivity contribution in [2.45, 2.75) is 80.1 Å². The number of carbonyl (C=O) groups is 1. The van der Waals surface area contributed by atoms with E-state index in [0.717, 1.165) is 18.4 Å². The summed E-state index contributed by atoms with van der Waals surface area (Å²) in [5.74, 6) is 0.398. The average Bonchev–Trinajstić information content (AvgIpc) is 2.31. The van der Waals surface area contributed by atoms with Crippen LogP contribution < -0.4 is 0 Å². The number of hydrogen-bond acceptors (Lipinski definition) is 1. The second-order valence-corrected chi connectivity index (χ2v) is 6.76. The van der Waals surface area contributed by atoms with Crippen LogP contribution >= 0.6 is 0 Å². The Labute approximate surface area is 113 Å². The predicted octanol–water partition coefficient (Wildman–Crippen LogP) is 5.30. The first-order valence-corrected chi connectivity index (χ1v) is 7.58. The molecule has 0 aliphatic heterocycles. The van der Waals surface area contributed by atoms with E-state index in [0.29, 0.717) is 5.78 Å². The summed E-state index contributed by atoms with van der Waals surface area (Å²) < 4.78 is 0. The predicted molar refractivity (Wildman–Crippen MR) is 78.6 cm³/mol. The average molecular weight is 250 g/mol. The summed E-state index contributed by atoms with van der Waals surface area (Å²) in [5.41, 5.74) is 2.50. The van der Waals surface area contributed by atoms with Crippen molar-refractivity contribution in [1.82, 2.24) is 0 Å². The van der Waals surface area contributed by atoms with Crippen LogP contribution in [0.2, 0.25) is 0 Å². The fourth-order valence-electron chi connectivity index (χ4n) is 2.89. The van der Waals surface area contributed by atoms with Crippen LogP contribution in [0.4, 0.5) is 0 Å². The molecule has 0 radical (unpaired) electrons. The van der Waals surface area contributed by atoms with Crippen LogP contribution in [-0.4, -0.2) is 5.78 Å². The topological polar surface area (TPSA) is 17.1 Å². The van der Waals surface area contributed by atoms with Crippen LogP contribution in [0.5, 0.6) is 0 Å². The molecule has 0 atom stereocenters. The van der Waals surface area contributed by atoms with Crippen molar-refractivity contribution in [2.24, 2.45) is 10.8 Å². The third kappa shape index (κ3) is 2.41.